The van der Waals surface area contributed by atoms with Gasteiger partial charge in [-0.25, -0.2) is 4.39 Å². The molecule has 7 rings (SSSR count). The normalized spacial score (nSPS) is 13.3. The van der Waals surface area contributed by atoms with Gasteiger partial charge in [0.1, 0.15) is 29.5 Å². The van der Waals surface area contributed by atoms with E-state index < -0.39 is 5.54 Å². The molecule has 3 aromatic heterocycles. The highest BCUT2D eigenvalue weighted by Gasteiger charge is 2.47. The Morgan fingerprint density at radius 1 is 0.936 bits per heavy atom. The van der Waals surface area contributed by atoms with Gasteiger partial charge in [-0.1, -0.05) is 12.1 Å². The summed E-state index contributed by atoms with van der Waals surface area (Å²) in [7, 11) is 1.55. The van der Waals surface area contributed by atoms with Crippen LogP contribution in [0.5, 0.6) is 5.75 Å². The molecule has 1 fully saturated rings. The van der Waals surface area contributed by atoms with Crippen LogP contribution in [-0.2, 0) is 12.1 Å². The standard InChI is InChI=1S/C37H30FN5O4/c1-22-17-31(46-21-26-20-40-15-16-41-26)29(35(44)43-37(12-13-37)32-5-3-4-14-42-32)19-27(22)24-8-11-30-28(18-24)33(36(45)39-2)34(47-30)23-6-9-25(38)10-7-23/h3-11,14-20H,12-13,21H2,1-2H3,(H,39,45)(H,43,44). The smallest absolute Gasteiger partial charge is 0.255 e. The molecular weight excluding hydrogens is 597 g/mol. The Hall–Kier alpha value is -5.90. The van der Waals surface area contributed by atoms with Gasteiger partial charge in [0.05, 0.1) is 34.3 Å². The van der Waals surface area contributed by atoms with Crippen LogP contribution in [0.3, 0.4) is 0 Å². The number of pyridine rings is 1. The number of halogens is 1. The number of nitrogens with zero attached hydrogens (tertiary/aromatic N) is 3. The van der Waals surface area contributed by atoms with E-state index in [2.05, 4.69) is 25.6 Å². The number of ether oxygens (including phenoxy) is 1. The minimum Gasteiger partial charge on any atom is -0.486 e. The van der Waals surface area contributed by atoms with Crippen LogP contribution in [-0.4, -0.2) is 33.8 Å². The number of furan rings is 1. The lowest BCUT2D eigenvalue weighted by molar-refractivity contribution is 0.0923. The summed E-state index contributed by atoms with van der Waals surface area (Å²) >= 11 is 0. The van der Waals surface area contributed by atoms with Gasteiger partial charge in [0.2, 0.25) is 0 Å². The third-order valence-corrected chi connectivity index (χ3v) is 8.38. The molecule has 0 radical (unpaired) electrons. The zero-order valence-corrected chi connectivity index (χ0v) is 25.7. The van der Waals surface area contributed by atoms with Crippen molar-refractivity contribution < 1.29 is 23.1 Å². The second-order valence-electron chi connectivity index (χ2n) is 11.5. The number of carbonyl (C=O) groups excluding carboxylic acids is 2. The fourth-order valence-corrected chi connectivity index (χ4v) is 5.77. The van der Waals surface area contributed by atoms with Crippen LogP contribution >= 0.6 is 0 Å². The number of benzene rings is 3. The van der Waals surface area contributed by atoms with Crippen molar-refractivity contribution in [3.63, 3.8) is 0 Å². The van der Waals surface area contributed by atoms with E-state index in [0.717, 1.165) is 35.2 Å². The number of aryl methyl sites for hydroxylation is 1. The van der Waals surface area contributed by atoms with Gasteiger partial charge in [-0.2, -0.15) is 0 Å². The molecule has 3 heterocycles. The molecule has 6 aromatic rings. The highest BCUT2D eigenvalue weighted by molar-refractivity contribution is 6.12. The first-order valence-corrected chi connectivity index (χ1v) is 15.2. The van der Waals surface area contributed by atoms with Crippen LogP contribution in [0.4, 0.5) is 4.39 Å². The largest absolute Gasteiger partial charge is 0.486 e. The number of rotatable bonds is 9. The second kappa shape index (κ2) is 12.1. The number of hydrogen-bond acceptors (Lipinski definition) is 7. The van der Waals surface area contributed by atoms with Crippen molar-refractivity contribution in [3.05, 3.63) is 131 Å². The minimum absolute atomic E-state index is 0.126. The molecule has 0 spiro atoms. The molecular formula is C37H30FN5O4. The van der Waals surface area contributed by atoms with Gasteiger partial charge < -0.3 is 19.8 Å². The quantitative estimate of drug-likeness (QED) is 0.182. The Kier molecular flexibility index (Phi) is 7.69. The van der Waals surface area contributed by atoms with E-state index in [1.54, 1.807) is 50.0 Å². The van der Waals surface area contributed by atoms with E-state index in [-0.39, 0.29) is 24.2 Å². The van der Waals surface area contributed by atoms with E-state index in [9.17, 15) is 14.0 Å². The van der Waals surface area contributed by atoms with Crippen molar-refractivity contribution in [1.29, 1.82) is 0 Å². The number of amides is 2. The van der Waals surface area contributed by atoms with Crippen molar-refractivity contribution in [3.8, 4) is 28.2 Å². The summed E-state index contributed by atoms with van der Waals surface area (Å²) in [6.07, 6.45) is 8.07. The Morgan fingerprint density at radius 2 is 1.74 bits per heavy atom. The summed E-state index contributed by atoms with van der Waals surface area (Å²) in [6.45, 7) is 2.06. The van der Waals surface area contributed by atoms with Crippen molar-refractivity contribution in [2.75, 3.05) is 7.05 Å². The van der Waals surface area contributed by atoms with Gasteiger partial charge >= 0.3 is 0 Å². The van der Waals surface area contributed by atoms with Crippen LogP contribution < -0.4 is 15.4 Å². The Balaban J connectivity index is 1.31. The molecule has 1 aliphatic rings. The van der Waals surface area contributed by atoms with Crippen LogP contribution in [0.2, 0.25) is 0 Å². The molecule has 3 aromatic carbocycles. The topological polar surface area (TPSA) is 119 Å². The van der Waals surface area contributed by atoms with Gasteiger partial charge in [0.25, 0.3) is 11.8 Å². The predicted octanol–water partition coefficient (Wildman–Crippen LogP) is 6.76. The summed E-state index contributed by atoms with van der Waals surface area (Å²) in [6, 6.07) is 20.7. The summed E-state index contributed by atoms with van der Waals surface area (Å²) in [5, 5.41) is 6.50. The maximum Gasteiger partial charge on any atom is 0.255 e. The number of nitrogens with one attached hydrogen (secondary N) is 2. The van der Waals surface area contributed by atoms with Crippen LogP contribution in [0.25, 0.3) is 33.4 Å². The van der Waals surface area contributed by atoms with Gasteiger partial charge in [0, 0.05) is 36.6 Å². The Bertz CT molecular complexity index is 2110. The maximum atomic E-state index is 14.0. The number of aromatic nitrogens is 3. The molecule has 2 amide bonds. The predicted molar refractivity (Wildman–Crippen MR) is 174 cm³/mol. The lowest BCUT2D eigenvalue weighted by atomic mass is 9.94. The van der Waals surface area contributed by atoms with Crippen LogP contribution in [0, 0.1) is 12.7 Å². The fraction of sp³-hybridized carbons (Fsp3) is 0.162. The Labute approximate surface area is 269 Å². The van der Waals surface area contributed by atoms with E-state index in [1.165, 1.54) is 12.1 Å². The van der Waals surface area contributed by atoms with Gasteiger partial charge in [0.15, 0.2) is 0 Å². The summed E-state index contributed by atoms with van der Waals surface area (Å²) in [5.74, 6) is -0.280. The molecule has 0 atom stereocenters. The lowest BCUT2D eigenvalue weighted by Gasteiger charge is -2.20. The van der Waals surface area contributed by atoms with Gasteiger partial charge in [-0.3, -0.25) is 24.5 Å². The van der Waals surface area contributed by atoms with Crippen molar-refractivity contribution in [2.45, 2.75) is 31.9 Å². The van der Waals surface area contributed by atoms with Gasteiger partial charge in [-0.05, 0) is 97.1 Å². The molecule has 0 unspecified atom stereocenters. The number of carbonyl (C=O) groups is 2. The molecule has 1 aliphatic carbocycles. The molecule has 0 bridgehead atoms. The van der Waals surface area contributed by atoms with Crippen molar-refractivity contribution in [2.24, 2.45) is 0 Å². The zero-order valence-electron chi connectivity index (χ0n) is 25.7. The first-order chi connectivity index (χ1) is 22.8. The second-order valence-corrected chi connectivity index (χ2v) is 11.5. The lowest BCUT2D eigenvalue weighted by Crippen LogP contribution is -2.35. The summed E-state index contributed by atoms with van der Waals surface area (Å²) in [4.78, 5) is 40.1. The first kappa shape index (κ1) is 29.8. The first-order valence-electron chi connectivity index (χ1n) is 15.2. The minimum atomic E-state index is -0.541. The maximum absolute atomic E-state index is 14.0. The molecule has 10 heteroatoms. The van der Waals surface area contributed by atoms with Crippen molar-refractivity contribution in [1.82, 2.24) is 25.6 Å². The monoisotopic (exact) mass is 627 g/mol. The third kappa shape index (κ3) is 5.81. The Morgan fingerprint density at radius 3 is 2.45 bits per heavy atom. The number of fused-ring (bicyclic) bond motifs is 1. The van der Waals surface area contributed by atoms with E-state index in [1.807, 2.05) is 49.4 Å². The SMILES string of the molecule is CNC(=O)c1c(-c2ccc(F)cc2)oc2ccc(-c3cc(C(=O)NC4(c5ccccn5)CC4)c(OCc4cnccn4)cc3C)cc12. The van der Waals surface area contributed by atoms with E-state index >= 15 is 0 Å². The van der Waals surface area contributed by atoms with Crippen LogP contribution in [0.1, 0.15) is 50.5 Å². The summed E-state index contributed by atoms with van der Waals surface area (Å²) < 4.78 is 26.0. The van der Waals surface area contributed by atoms with E-state index in [4.69, 9.17) is 9.15 Å². The van der Waals surface area contributed by atoms with E-state index in [0.29, 0.717) is 44.9 Å². The van der Waals surface area contributed by atoms with Gasteiger partial charge in [-0.15, -0.1) is 0 Å². The zero-order chi connectivity index (χ0) is 32.5. The molecule has 47 heavy (non-hydrogen) atoms. The number of hydrogen-bond donors (Lipinski definition) is 2. The molecule has 0 saturated heterocycles. The fourth-order valence-electron chi connectivity index (χ4n) is 5.77. The third-order valence-electron chi connectivity index (χ3n) is 8.38. The van der Waals surface area contributed by atoms with Crippen molar-refractivity contribution >= 4 is 22.8 Å². The molecule has 9 nitrogen and oxygen atoms in total. The molecule has 0 aliphatic heterocycles. The highest BCUT2D eigenvalue weighted by Crippen LogP contribution is 2.45. The van der Waals surface area contributed by atoms with Crippen LogP contribution in [0.15, 0.2) is 102 Å². The highest BCUT2D eigenvalue weighted by atomic mass is 19.1. The molecule has 234 valence electrons. The average Bonchev–Trinajstić information content (AvgIpc) is 3.79. The molecule has 1 saturated carbocycles. The average molecular weight is 628 g/mol. The molecule has 2 N–H and O–H groups in total. The summed E-state index contributed by atoms with van der Waals surface area (Å²) in [5.41, 5.74) is 5.05.